The number of aliphatic hydroxyl groups is 2. The molecule has 2 N–H and O–H groups in total. The zero-order chi connectivity index (χ0) is 17.5. The molecule has 3 nitrogen and oxygen atoms in total. The van der Waals surface area contributed by atoms with Gasteiger partial charge in [0.1, 0.15) is 0 Å². The van der Waals surface area contributed by atoms with Crippen LogP contribution in [-0.4, -0.2) is 28.2 Å². The second-order valence-corrected chi connectivity index (χ2v) is 10.2. The fraction of sp³-hybridized carbons (Fsp3) is 0.857. The van der Waals surface area contributed by atoms with Crippen LogP contribution in [0.4, 0.5) is 0 Å². The average molecular weight is 332 g/mol. The van der Waals surface area contributed by atoms with E-state index >= 15 is 0 Å². The topological polar surface area (TPSA) is 57.5 Å². The molecule has 0 heterocycles. The second-order valence-electron chi connectivity index (χ2n) is 10.2. The molecule has 24 heavy (non-hydrogen) atoms. The number of aliphatic hydroxyl groups excluding tert-OH is 2. The number of hydrogen-bond donors (Lipinski definition) is 2. The van der Waals surface area contributed by atoms with Gasteiger partial charge in [0.05, 0.1) is 12.2 Å². The van der Waals surface area contributed by atoms with Gasteiger partial charge in [0.25, 0.3) is 0 Å². The molecule has 0 radical (unpaired) electrons. The molecule has 0 aromatic rings. The number of carbonyl (C=O) groups is 1. The number of allylic oxidation sites excluding steroid dienone is 1. The zero-order valence-electron chi connectivity index (χ0n) is 15.5. The minimum Gasteiger partial charge on any atom is -0.393 e. The van der Waals surface area contributed by atoms with Gasteiger partial charge < -0.3 is 10.2 Å². The minimum absolute atomic E-state index is 0.0532. The first-order valence-corrected chi connectivity index (χ1v) is 9.70. The quantitative estimate of drug-likeness (QED) is 0.714. The summed E-state index contributed by atoms with van der Waals surface area (Å²) in [5.41, 5.74) is 1.12. The molecule has 0 amide bonds. The summed E-state index contributed by atoms with van der Waals surface area (Å²) in [5, 5.41) is 21.8. The molecule has 134 valence electrons. The summed E-state index contributed by atoms with van der Waals surface area (Å²) in [7, 11) is 0. The Balaban J connectivity index is 1.84. The maximum Gasteiger partial charge on any atom is 0.155 e. The van der Waals surface area contributed by atoms with E-state index in [2.05, 4.69) is 27.7 Å². The molecule has 1 unspecified atom stereocenters. The summed E-state index contributed by atoms with van der Waals surface area (Å²) in [6.45, 7) is 9.11. The van der Waals surface area contributed by atoms with Crippen molar-refractivity contribution in [3.8, 4) is 0 Å². The largest absolute Gasteiger partial charge is 0.393 e. The van der Waals surface area contributed by atoms with Crippen molar-refractivity contribution in [1.29, 1.82) is 0 Å². The maximum absolute atomic E-state index is 12.0. The fourth-order valence-corrected chi connectivity index (χ4v) is 7.26. The molecule has 4 aliphatic carbocycles. The summed E-state index contributed by atoms with van der Waals surface area (Å²) < 4.78 is 0. The number of fused-ring (bicyclic) bond motifs is 5. The number of rotatable bonds is 0. The first-order chi connectivity index (χ1) is 11.1. The van der Waals surface area contributed by atoms with Gasteiger partial charge in [0.15, 0.2) is 5.78 Å². The normalized spacial score (nSPS) is 53.0. The molecule has 0 aromatic carbocycles. The van der Waals surface area contributed by atoms with E-state index in [9.17, 15) is 15.0 Å². The summed E-state index contributed by atoms with van der Waals surface area (Å²) >= 11 is 0. The SMILES string of the molecule is CC1(C)CC2=CC(=O)CC[C@]2(C)[C@H]2C(O)C[C@]3(C)[C@@H](O)CC[C@H]3[C@@H]21. The molecule has 3 fully saturated rings. The Morgan fingerprint density at radius 2 is 1.79 bits per heavy atom. The van der Waals surface area contributed by atoms with Gasteiger partial charge in [0, 0.05) is 6.42 Å². The first kappa shape index (κ1) is 16.8. The maximum atomic E-state index is 12.0. The van der Waals surface area contributed by atoms with Crippen molar-refractivity contribution >= 4 is 5.78 Å². The van der Waals surface area contributed by atoms with Crippen molar-refractivity contribution in [3.05, 3.63) is 11.6 Å². The van der Waals surface area contributed by atoms with Crippen LogP contribution in [0.1, 0.15) is 66.2 Å². The Bertz CT molecular complexity index is 606. The van der Waals surface area contributed by atoms with Crippen molar-refractivity contribution in [2.45, 2.75) is 78.4 Å². The molecule has 0 saturated heterocycles. The average Bonchev–Trinajstić information content (AvgIpc) is 2.76. The van der Waals surface area contributed by atoms with Crippen molar-refractivity contribution in [2.24, 2.45) is 34.0 Å². The summed E-state index contributed by atoms with van der Waals surface area (Å²) in [6, 6.07) is 0. The highest BCUT2D eigenvalue weighted by atomic mass is 16.3. The van der Waals surface area contributed by atoms with Crippen LogP contribution in [0.25, 0.3) is 0 Å². The van der Waals surface area contributed by atoms with Crippen molar-refractivity contribution in [1.82, 2.24) is 0 Å². The molecule has 0 spiro atoms. The van der Waals surface area contributed by atoms with Gasteiger partial charge in [-0.15, -0.1) is 0 Å². The molecule has 0 aromatic heterocycles. The lowest BCUT2D eigenvalue weighted by Gasteiger charge is -2.64. The second kappa shape index (κ2) is 4.94. The Hall–Kier alpha value is -0.670. The van der Waals surface area contributed by atoms with Crippen LogP contribution < -0.4 is 0 Å². The van der Waals surface area contributed by atoms with Gasteiger partial charge >= 0.3 is 0 Å². The fourth-order valence-electron chi connectivity index (χ4n) is 7.26. The lowest BCUT2D eigenvalue weighted by Crippen LogP contribution is -2.61. The molecule has 4 aliphatic rings. The predicted octanol–water partition coefficient (Wildman–Crippen LogP) is 3.49. The molecular weight excluding hydrogens is 300 g/mol. The Morgan fingerprint density at radius 1 is 1.08 bits per heavy atom. The van der Waals surface area contributed by atoms with E-state index in [4.69, 9.17) is 0 Å². The molecular formula is C21H32O3. The minimum atomic E-state index is -0.384. The van der Waals surface area contributed by atoms with Crippen LogP contribution >= 0.6 is 0 Å². The van der Waals surface area contributed by atoms with E-state index in [0.717, 1.165) is 25.7 Å². The van der Waals surface area contributed by atoms with E-state index in [1.165, 1.54) is 5.57 Å². The molecule has 3 saturated carbocycles. The van der Waals surface area contributed by atoms with Gasteiger partial charge in [-0.25, -0.2) is 0 Å². The third kappa shape index (κ3) is 2.00. The third-order valence-corrected chi connectivity index (χ3v) is 8.49. The summed E-state index contributed by atoms with van der Waals surface area (Å²) in [5.74, 6) is 1.36. The van der Waals surface area contributed by atoms with Gasteiger partial charge in [-0.1, -0.05) is 33.3 Å². The van der Waals surface area contributed by atoms with Gasteiger partial charge in [-0.3, -0.25) is 4.79 Å². The van der Waals surface area contributed by atoms with Gasteiger partial charge in [-0.2, -0.15) is 0 Å². The van der Waals surface area contributed by atoms with E-state index in [1.54, 1.807) is 0 Å². The Kier molecular flexibility index (Phi) is 3.46. The highest BCUT2D eigenvalue weighted by Gasteiger charge is 2.65. The number of hydrogen-bond acceptors (Lipinski definition) is 3. The predicted molar refractivity (Wildman–Crippen MR) is 93.3 cm³/mol. The highest BCUT2D eigenvalue weighted by molar-refractivity contribution is 5.91. The van der Waals surface area contributed by atoms with Crippen LogP contribution in [0.15, 0.2) is 11.6 Å². The molecule has 3 heteroatoms. The van der Waals surface area contributed by atoms with E-state index in [0.29, 0.717) is 24.7 Å². The number of carbonyl (C=O) groups excluding carboxylic acids is 1. The molecule has 4 rings (SSSR count). The van der Waals surface area contributed by atoms with Crippen LogP contribution in [0.5, 0.6) is 0 Å². The molecule has 7 atom stereocenters. The lowest BCUT2D eigenvalue weighted by molar-refractivity contribution is -0.174. The van der Waals surface area contributed by atoms with Crippen LogP contribution in [0.3, 0.4) is 0 Å². The molecule has 0 bridgehead atoms. The third-order valence-electron chi connectivity index (χ3n) is 8.49. The van der Waals surface area contributed by atoms with E-state index in [1.807, 2.05) is 6.08 Å². The Morgan fingerprint density at radius 3 is 2.50 bits per heavy atom. The van der Waals surface area contributed by atoms with E-state index in [-0.39, 0.29) is 40.2 Å². The van der Waals surface area contributed by atoms with E-state index < -0.39 is 0 Å². The highest BCUT2D eigenvalue weighted by Crippen LogP contribution is 2.69. The standard InChI is InChI=1S/C21H32O3/c1-19(2)10-12-9-13(22)7-8-20(12,3)18-15(23)11-21(4)14(17(18)19)5-6-16(21)24/h9,14-18,23-24H,5-8,10-11H2,1-4H3/t14-,15?,16-,17-,18-,20-,21-/m0/s1. The van der Waals surface area contributed by atoms with Crippen LogP contribution in [0, 0.1) is 34.0 Å². The smallest absolute Gasteiger partial charge is 0.155 e. The molecule has 0 aliphatic heterocycles. The van der Waals surface area contributed by atoms with Gasteiger partial charge in [0.2, 0.25) is 0 Å². The monoisotopic (exact) mass is 332 g/mol. The van der Waals surface area contributed by atoms with Crippen molar-refractivity contribution < 1.29 is 15.0 Å². The Labute approximate surface area is 145 Å². The van der Waals surface area contributed by atoms with Gasteiger partial charge in [-0.05, 0) is 72.2 Å². The first-order valence-electron chi connectivity index (χ1n) is 9.70. The summed E-state index contributed by atoms with van der Waals surface area (Å²) in [4.78, 5) is 12.0. The lowest BCUT2D eigenvalue weighted by atomic mass is 9.41. The van der Waals surface area contributed by atoms with Crippen molar-refractivity contribution in [3.63, 3.8) is 0 Å². The number of ketones is 1. The van der Waals surface area contributed by atoms with Crippen molar-refractivity contribution in [2.75, 3.05) is 0 Å². The zero-order valence-corrected chi connectivity index (χ0v) is 15.5. The summed E-state index contributed by atoms with van der Waals surface area (Å²) in [6.07, 6.45) is 6.30. The van der Waals surface area contributed by atoms with Crippen LogP contribution in [0.2, 0.25) is 0 Å². The van der Waals surface area contributed by atoms with Crippen LogP contribution in [-0.2, 0) is 4.79 Å².